The van der Waals surface area contributed by atoms with E-state index in [2.05, 4.69) is 50.9 Å². The summed E-state index contributed by atoms with van der Waals surface area (Å²) in [5.74, 6) is 0. The van der Waals surface area contributed by atoms with Gasteiger partial charge in [0, 0.05) is 12.4 Å². The molecule has 2 aromatic rings. The third-order valence-corrected chi connectivity index (χ3v) is 3.55. The first-order valence-electron chi connectivity index (χ1n) is 6.20. The van der Waals surface area contributed by atoms with Crippen molar-refractivity contribution >= 4 is 0 Å². The average Bonchev–Trinajstić information content (AvgIpc) is 2.32. The van der Waals surface area contributed by atoms with Crippen molar-refractivity contribution < 1.29 is 0 Å². The maximum Gasteiger partial charge on any atom is 0.0657 e. The zero-order valence-corrected chi connectivity index (χ0v) is 11.5. The predicted molar refractivity (Wildman–Crippen MR) is 75.5 cm³/mol. The topological polar surface area (TPSA) is 38.9 Å². The minimum atomic E-state index is -0.506. The fourth-order valence-electron chi connectivity index (χ4n) is 2.45. The summed E-state index contributed by atoms with van der Waals surface area (Å²) < 4.78 is 0. The summed E-state index contributed by atoms with van der Waals surface area (Å²) in [7, 11) is 0. The molecule has 0 fully saturated rings. The second-order valence-electron chi connectivity index (χ2n) is 5.21. The van der Waals surface area contributed by atoms with E-state index >= 15 is 0 Å². The van der Waals surface area contributed by atoms with Crippen molar-refractivity contribution in [1.29, 1.82) is 0 Å². The first-order chi connectivity index (χ1) is 8.43. The van der Waals surface area contributed by atoms with Gasteiger partial charge in [0.25, 0.3) is 0 Å². The van der Waals surface area contributed by atoms with Crippen molar-refractivity contribution in [3.05, 3.63) is 64.5 Å². The molecule has 0 aliphatic carbocycles. The Morgan fingerprint density at radius 1 is 1.00 bits per heavy atom. The Morgan fingerprint density at radius 3 is 2.33 bits per heavy atom. The molecule has 1 atom stereocenters. The van der Waals surface area contributed by atoms with Crippen LogP contribution < -0.4 is 5.73 Å². The zero-order valence-electron chi connectivity index (χ0n) is 11.5. The summed E-state index contributed by atoms with van der Waals surface area (Å²) in [6.45, 7) is 8.33. The maximum absolute atomic E-state index is 6.59. The van der Waals surface area contributed by atoms with Gasteiger partial charge in [-0.15, -0.1) is 0 Å². The van der Waals surface area contributed by atoms with Gasteiger partial charge in [0.15, 0.2) is 0 Å². The number of nitrogens with zero attached hydrogens (tertiary/aromatic N) is 1. The van der Waals surface area contributed by atoms with Gasteiger partial charge in [-0.3, -0.25) is 4.98 Å². The Kier molecular flexibility index (Phi) is 3.22. The summed E-state index contributed by atoms with van der Waals surface area (Å²) in [5.41, 5.74) is 12.0. The quantitative estimate of drug-likeness (QED) is 0.875. The monoisotopic (exact) mass is 240 g/mol. The number of hydrogen-bond acceptors (Lipinski definition) is 2. The average molecular weight is 240 g/mol. The van der Waals surface area contributed by atoms with Gasteiger partial charge in [0.2, 0.25) is 0 Å². The molecule has 2 heteroatoms. The Labute approximate surface area is 109 Å². The Morgan fingerprint density at radius 2 is 1.67 bits per heavy atom. The van der Waals surface area contributed by atoms with Gasteiger partial charge in [-0.2, -0.15) is 0 Å². The molecular formula is C16H20N2. The van der Waals surface area contributed by atoms with Crippen LogP contribution >= 0.6 is 0 Å². The highest BCUT2D eigenvalue weighted by molar-refractivity contribution is 5.44. The number of benzene rings is 1. The lowest BCUT2D eigenvalue weighted by molar-refractivity contribution is 0.591. The smallest absolute Gasteiger partial charge is 0.0657 e. The SMILES string of the molecule is Cc1ccc(C)c(C(C)(N)c2cnccc2C)c1. The van der Waals surface area contributed by atoms with E-state index in [4.69, 9.17) is 5.73 Å². The van der Waals surface area contributed by atoms with Crippen molar-refractivity contribution in [3.63, 3.8) is 0 Å². The van der Waals surface area contributed by atoms with Crippen LogP contribution in [0.25, 0.3) is 0 Å². The largest absolute Gasteiger partial charge is 0.318 e. The summed E-state index contributed by atoms with van der Waals surface area (Å²) in [6, 6.07) is 8.42. The van der Waals surface area contributed by atoms with E-state index in [0.717, 1.165) is 5.56 Å². The standard InChI is InChI=1S/C16H20N2/c1-11-5-6-12(2)14(9-11)16(4,17)15-10-18-8-7-13(15)3/h5-10H,17H2,1-4H3. The third-order valence-electron chi connectivity index (χ3n) is 3.55. The van der Waals surface area contributed by atoms with Gasteiger partial charge < -0.3 is 5.73 Å². The van der Waals surface area contributed by atoms with E-state index < -0.39 is 5.54 Å². The molecule has 18 heavy (non-hydrogen) atoms. The van der Waals surface area contributed by atoms with Crippen molar-refractivity contribution in [1.82, 2.24) is 4.98 Å². The summed E-state index contributed by atoms with van der Waals surface area (Å²) >= 11 is 0. The zero-order chi connectivity index (χ0) is 13.3. The lowest BCUT2D eigenvalue weighted by atomic mass is 9.81. The molecular weight excluding hydrogens is 220 g/mol. The lowest BCUT2D eigenvalue weighted by Crippen LogP contribution is -2.36. The van der Waals surface area contributed by atoms with E-state index in [1.165, 1.54) is 22.3 Å². The van der Waals surface area contributed by atoms with Crippen LogP contribution in [0.4, 0.5) is 0 Å². The van der Waals surface area contributed by atoms with Crippen molar-refractivity contribution in [3.8, 4) is 0 Å². The van der Waals surface area contributed by atoms with E-state index in [-0.39, 0.29) is 0 Å². The first kappa shape index (κ1) is 12.8. The van der Waals surface area contributed by atoms with Crippen LogP contribution in [0.1, 0.15) is 34.7 Å². The number of aromatic nitrogens is 1. The fraction of sp³-hybridized carbons (Fsp3) is 0.312. The van der Waals surface area contributed by atoms with E-state index in [1.807, 2.05) is 12.3 Å². The van der Waals surface area contributed by atoms with Crippen LogP contribution in [-0.2, 0) is 5.54 Å². The molecule has 0 radical (unpaired) electrons. The fourth-order valence-corrected chi connectivity index (χ4v) is 2.45. The highest BCUT2D eigenvalue weighted by atomic mass is 14.8. The molecule has 1 aromatic carbocycles. The van der Waals surface area contributed by atoms with E-state index in [0.29, 0.717) is 0 Å². The molecule has 94 valence electrons. The first-order valence-corrected chi connectivity index (χ1v) is 6.20. The molecule has 0 saturated carbocycles. The Hall–Kier alpha value is -1.67. The van der Waals surface area contributed by atoms with Gasteiger partial charge in [-0.1, -0.05) is 23.8 Å². The van der Waals surface area contributed by atoms with Crippen molar-refractivity contribution in [2.75, 3.05) is 0 Å². The Balaban J connectivity index is 2.61. The number of aryl methyl sites for hydroxylation is 3. The van der Waals surface area contributed by atoms with Crippen LogP contribution in [-0.4, -0.2) is 4.98 Å². The number of rotatable bonds is 2. The van der Waals surface area contributed by atoms with Crippen LogP contribution in [0.2, 0.25) is 0 Å². The molecule has 1 aromatic heterocycles. The minimum Gasteiger partial charge on any atom is -0.318 e. The van der Waals surface area contributed by atoms with E-state index in [9.17, 15) is 0 Å². The van der Waals surface area contributed by atoms with Crippen molar-refractivity contribution in [2.45, 2.75) is 33.2 Å². The Bertz CT molecular complexity index is 571. The molecule has 2 rings (SSSR count). The molecule has 0 bridgehead atoms. The maximum atomic E-state index is 6.59. The molecule has 1 unspecified atom stereocenters. The number of nitrogens with two attached hydrogens (primary N) is 1. The van der Waals surface area contributed by atoms with Gasteiger partial charge in [0.05, 0.1) is 5.54 Å². The molecule has 0 saturated heterocycles. The molecule has 0 aliphatic rings. The van der Waals surface area contributed by atoms with Crippen molar-refractivity contribution in [2.24, 2.45) is 5.73 Å². The lowest BCUT2D eigenvalue weighted by Gasteiger charge is -2.29. The van der Waals surface area contributed by atoms with Crippen LogP contribution in [0, 0.1) is 20.8 Å². The summed E-state index contributed by atoms with van der Waals surface area (Å²) in [5, 5.41) is 0. The predicted octanol–water partition coefficient (Wildman–Crippen LogP) is 3.23. The van der Waals surface area contributed by atoms with Gasteiger partial charge >= 0.3 is 0 Å². The van der Waals surface area contributed by atoms with Gasteiger partial charge in [-0.05, 0) is 56.0 Å². The van der Waals surface area contributed by atoms with Crippen LogP contribution in [0.3, 0.4) is 0 Å². The highest BCUT2D eigenvalue weighted by Crippen LogP contribution is 2.31. The molecule has 0 aliphatic heterocycles. The number of pyridine rings is 1. The molecule has 2 nitrogen and oxygen atoms in total. The second kappa shape index (κ2) is 4.54. The highest BCUT2D eigenvalue weighted by Gasteiger charge is 2.27. The van der Waals surface area contributed by atoms with Gasteiger partial charge in [-0.25, -0.2) is 0 Å². The normalized spacial score (nSPS) is 14.3. The van der Waals surface area contributed by atoms with Gasteiger partial charge in [0.1, 0.15) is 0 Å². The van der Waals surface area contributed by atoms with Crippen LogP contribution in [0.15, 0.2) is 36.7 Å². The summed E-state index contributed by atoms with van der Waals surface area (Å²) in [6.07, 6.45) is 3.68. The molecule has 2 N–H and O–H groups in total. The minimum absolute atomic E-state index is 0.506. The van der Waals surface area contributed by atoms with E-state index in [1.54, 1.807) is 6.20 Å². The van der Waals surface area contributed by atoms with Crippen LogP contribution in [0.5, 0.6) is 0 Å². The third kappa shape index (κ3) is 2.16. The summed E-state index contributed by atoms with van der Waals surface area (Å²) in [4.78, 5) is 4.21. The second-order valence-corrected chi connectivity index (χ2v) is 5.21. The molecule has 1 heterocycles. The number of hydrogen-bond donors (Lipinski definition) is 1. The molecule has 0 spiro atoms. The molecule has 0 amide bonds.